The summed E-state index contributed by atoms with van der Waals surface area (Å²) in [6.07, 6.45) is 6.18. The SMILES string of the molecule is CN=C(NCCn1cnc2ccccc21)NC1CC2CCC1O2.I. The van der Waals surface area contributed by atoms with Gasteiger partial charge < -0.3 is 19.9 Å². The first-order chi connectivity index (χ1) is 11.3. The summed E-state index contributed by atoms with van der Waals surface area (Å²) in [6.45, 7) is 1.66. The van der Waals surface area contributed by atoms with Crippen molar-refractivity contribution in [1.82, 2.24) is 20.2 Å². The van der Waals surface area contributed by atoms with Crippen molar-refractivity contribution in [3.63, 3.8) is 0 Å². The molecule has 3 unspecified atom stereocenters. The Hall–Kier alpha value is -1.35. The standard InChI is InChI=1S/C17H23N5O.HI/c1-18-17(21-14-10-12-6-7-16(14)23-12)19-8-9-22-11-20-13-4-2-3-5-15(13)22;/h2-5,11-12,14,16H,6-10H2,1H3,(H2,18,19,21);1H. The van der Waals surface area contributed by atoms with Crippen LogP contribution < -0.4 is 10.6 Å². The number of hydrogen-bond acceptors (Lipinski definition) is 3. The van der Waals surface area contributed by atoms with Gasteiger partial charge >= 0.3 is 0 Å². The molecular formula is C17H24IN5O. The molecule has 2 saturated heterocycles. The van der Waals surface area contributed by atoms with Gasteiger partial charge in [0, 0.05) is 20.1 Å². The Morgan fingerprint density at radius 2 is 2.25 bits per heavy atom. The Morgan fingerprint density at radius 3 is 3.00 bits per heavy atom. The number of guanidine groups is 1. The maximum absolute atomic E-state index is 5.88. The number of nitrogens with zero attached hydrogens (tertiary/aromatic N) is 3. The quantitative estimate of drug-likeness (QED) is 0.434. The highest BCUT2D eigenvalue weighted by molar-refractivity contribution is 14.0. The summed E-state index contributed by atoms with van der Waals surface area (Å²) < 4.78 is 8.05. The molecule has 24 heavy (non-hydrogen) atoms. The highest BCUT2D eigenvalue weighted by Gasteiger charge is 2.41. The lowest BCUT2D eigenvalue weighted by Crippen LogP contribution is -2.48. The van der Waals surface area contributed by atoms with E-state index in [4.69, 9.17) is 4.74 Å². The molecule has 6 nitrogen and oxygen atoms in total. The highest BCUT2D eigenvalue weighted by Crippen LogP contribution is 2.34. The Bertz CT molecular complexity index is 716. The minimum Gasteiger partial charge on any atom is -0.373 e. The molecule has 2 N–H and O–H groups in total. The summed E-state index contributed by atoms with van der Waals surface area (Å²) in [4.78, 5) is 8.75. The topological polar surface area (TPSA) is 63.5 Å². The Morgan fingerprint density at radius 1 is 1.38 bits per heavy atom. The average Bonchev–Trinajstić information content (AvgIpc) is 3.29. The van der Waals surface area contributed by atoms with Crippen molar-refractivity contribution in [2.24, 2.45) is 4.99 Å². The molecule has 1 aromatic carbocycles. The second kappa shape index (κ2) is 7.69. The lowest BCUT2D eigenvalue weighted by molar-refractivity contribution is 0.0992. The number of benzene rings is 1. The number of aromatic nitrogens is 2. The molecule has 2 aliphatic rings. The van der Waals surface area contributed by atoms with Crippen molar-refractivity contribution in [2.45, 2.75) is 44.1 Å². The van der Waals surface area contributed by atoms with Crippen LogP contribution in [0.5, 0.6) is 0 Å². The van der Waals surface area contributed by atoms with Gasteiger partial charge in [0.1, 0.15) is 0 Å². The van der Waals surface area contributed by atoms with E-state index in [1.165, 1.54) is 18.4 Å². The van der Waals surface area contributed by atoms with E-state index >= 15 is 0 Å². The van der Waals surface area contributed by atoms with Crippen LogP contribution >= 0.6 is 24.0 Å². The molecule has 2 aliphatic heterocycles. The zero-order valence-corrected chi connectivity index (χ0v) is 16.1. The number of hydrogen-bond donors (Lipinski definition) is 2. The molecule has 0 spiro atoms. The number of rotatable bonds is 4. The number of aliphatic imine (C=N–C) groups is 1. The molecule has 0 amide bonds. The summed E-state index contributed by atoms with van der Waals surface area (Å²) in [7, 11) is 1.82. The van der Waals surface area contributed by atoms with Crippen molar-refractivity contribution in [3.05, 3.63) is 30.6 Å². The number of ether oxygens (including phenoxy) is 1. The van der Waals surface area contributed by atoms with Crippen molar-refractivity contribution >= 4 is 41.0 Å². The van der Waals surface area contributed by atoms with Crippen molar-refractivity contribution in [3.8, 4) is 0 Å². The van der Waals surface area contributed by atoms with Gasteiger partial charge in [-0.1, -0.05) is 12.1 Å². The monoisotopic (exact) mass is 441 g/mol. The number of halogens is 1. The van der Waals surface area contributed by atoms with Crippen LogP contribution in [0.4, 0.5) is 0 Å². The third-order valence-corrected chi connectivity index (χ3v) is 4.82. The molecule has 3 atom stereocenters. The van der Waals surface area contributed by atoms with Crippen LogP contribution in [0.3, 0.4) is 0 Å². The molecule has 130 valence electrons. The van der Waals surface area contributed by atoms with E-state index in [9.17, 15) is 0 Å². The van der Waals surface area contributed by atoms with Gasteiger partial charge in [-0.25, -0.2) is 4.98 Å². The molecule has 7 heteroatoms. The largest absolute Gasteiger partial charge is 0.373 e. The van der Waals surface area contributed by atoms with Crippen LogP contribution in [-0.2, 0) is 11.3 Å². The molecule has 2 bridgehead atoms. The summed E-state index contributed by atoms with van der Waals surface area (Å²) in [5, 5.41) is 6.90. The van der Waals surface area contributed by atoms with Crippen molar-refractivity contribution < 1.29 is 4.74 Å². The summed E-state index contributed by atoms with van der Waals surface area (Å²) >= 11 is 0. The second-order valence-electron chi connectivity index (χ2n) is 6.29. The van der Waals surface area contributed by atoms with Gasteiger partial charge in [-0.2, -0.15) is 0 Å². The Kier molecular flexibility index (Phi) is 5.60. The fourth-order valence-electron chi connectivity index (χ4n) is 3.64. The third-order valence-electron chi connectivity index (χ3n) is 4.82. The first kappa shape index (κ1) is 17.5. The zero-order valence-electron chi connectivity index (χ0n) is 13.8. The molecule has 4 rings (SSSR count). The van der Waals surface area contributed by atoms with Gasteiger partial charge in [0.25, 0.3) is 0 Å². The lowest BCUT2D eigenvalue weighted by Gasteiger charge is -2.22. The van der Waals surface area contributed by atoms with Gasteiger partial charge in [0.05, 0.1) is 35.6 Å². The van der Waals surface area contributed by atoms with E-state index < -0.39 is 0 Å². The Labute approximate surface area is 159 Å². The summed E-state index contributed by atoms with van der Waals surface area (Å²) in [6, 6.07) is 8.59. The molecule has 0 saturated carbocycles. The normalized spacial score (nSPS) is 25.7. The first-order valence-corrected chi connectivity index (χ1v) is 8.36. The van der Waals surface area contributed by atoms with Gasteiger partial charge in [-0.15, -0.1) is 24.0 Å². The van der Waals surface area contributed by atoms with E-state index in [2.05, 4.69) is 31.2 Å². The van der Waals surface area contributed by atoms with Crippen molar-refractivity contribution in [1.29, 1.82) is 0 Å². The summed E-state index contributed by atoms with van der Waals surface area (Å²) in [5.41, 5.74) is 2.20. The fourth-order valence-corrected chi connectivity index (χ4v) is 3.64. The predicted molar refractivity (Wildman–Crippen MR) is 106 cm³/mol. The molecule has 3 heterocycles. The minimum absolute atomic E-state index is 0. The van der Waals surface area contributed by atoms with E-state index in [1.807, 2.05) is 31.6 Å². The van der Waals surface area contributed by atoms with Crippen LogP contribution in [-0.4, -0.2) is 47.4 Å². The molecule has 0 radical (unpaired) electrons. The van der Waals surface area contributed by atoms with Crippen LogP contribution in [0.15, 0.2) is 35.6 Å². The molecule has 1 aromatic heterocycles. The number of para-hydroxylation sites is 2. The zero-order chi connectivity index (χ0) is 15.6. The van der Waals surface area contributed by atoms with E-state index in [1.54, 1.807) is 0 Å². The predicted octanol–water partition coefficient (Wildman–Crippen LogP) is 2.14. The van der Waals surface area contributed by atoms with E-state index in [-0.39, 0.29) is 24.0 Å². The molecular weight excluding hydrogens is 417 g/mol. The first-order valence-electron chi connectivity index (χ1n) is 8.36. The lowest BCUT2D eigenvalue weighted by atomic mass is 9.96. The second-order valence-corrected chi connectivity index (χ2v) is 6.29. The van der Waals surface area contributed by atoms with Gasteiger partial charge in [0.2, 0.25) is 0 Å². The fraction of sp³-hybridized carbons (Fsp3) is 0.529. The number of nitrogens with one attached hydrogen (secondary N) is 2. The van der Waals surface area contributed by atoms with Crippen LogP contribution in [0.25, 0.3) is 11.0 Å². The van der Waals surface area contributed by atoms with Gasteiger partial charge in [0.15, 0.2) is 5.96 Å². The molecule has 2 aromatic rings. The maximum atomic E-state index is 5.88. The number of fused-ring (bicyclic) bond motifs is 3. The molecule has 0 aliphatic carbocycles. The highest BCUT2D eigenvalue weighted by atomic mass is 127. The van der Waals surface area contributed by atoms with Crippen molar-refractivity contribution in [2.75, 3.05) is 13.6 Å². The minimum atomic E-state index is 0. The van der Waals surface area contributed by atoms with E-state index in [0.29, 0.717) is 18.2 Å². The number of imidazole rings is 1. The van der Waals surface area contributed by atoms with E-state index in [0.717, 1.165) is 31.0 Å². The maximum Gasteiger partial charge on any atom is 0.191 e. The summed E-state index contributed by atoms with van der Waals surface area (Å²) in [5.74, 6) is 0.857. The Balaban J connectivity index is 0.00000169. The van der Waals surface area contributed by atoms with Crippen LogP contribution in [0, 0.1) is 0 Å². The average molecular weight is 441 g/mol. The van der Waals surface area contributed by atoms with Gasteiger partial charge in [-0.05, 0) is 31.4 Å². The smallest absolute Gasteiger partial charge is 0.191 e. The van der Waals surface area contributed by atoms with Gasteiger partial charge in [-0.3, -0.25) is 4.99 Å². The molecule has 2 fully saturated rings. The van der Waals surface area contributed by atoms with Crippen LogP contribution in [0.1, 0.15) is 19.3 Å². The third kappa shape index (κ3) is 3.51. The van der Waals surface area contributed by atoms with Crippen LogP contribution in [0.2, 0.25) is 0 Å².